The van der Waals surface area contributed by atoms with Crippen molar-refractivity contribution in [2.24, 2.45) is 4.99 Å². The monoisotopic (exact) mass is 514 g/mol. The van der Waals surface area contributed by atoms with E-state index in [-0.39, 0.29) is 35.7 Å². The Kier molecular flexibility index (Phi) is 8.87. The first kappa shape index (κ1) is 23.1. The SMILES string of the molecule is CCNC(=NCCc1nc(C(C)C)no1)NCCc1c[nH]c2ccc(F)cc12.I. The van der Waals surface area contributed by atoms with Crippen molar-refractivity contribution in [2.75, 3.05) is 19.6 Å². The van der Waals surface area contributed by atoms with Crippen LogP contribution in [0.4, 0.5) is 4.39 Å². The molecule has 2 aromatic heterocycles. The van der Waals surface area contributed by atoms with Crippen LogP contribution in [0.2, 0.25) is 0 Å². The predicted octanol–water partition coefficient (Wildman–Crippen LogP) is 3.77. The van der Waals surface area contributed by atoms with Crippen LogP contribution < -0.4 is 10.6 Å². The Morgan fingerprint density at radius 3 is 2.83 bits per heavy atom. The minimum Gasteiger partial charge on any atom is -0.361 e. The van der Waals surface area contributed by atoms with Gasteiger partial charge in [0.15, 0.2) is 11.8 Å². The van der Waals surface area contributed by atoms with Gasteiger partial charge in [-0.3, -0.25) is 4.99 Å². The third-order valence-corrected chi connectivity index (χ3v) is 4.36. The van der Waals surface area contributed by atoms with E-state index in [2.05, 4.69) is 30.8 Å². The van der Waals surface area contributed by atoms with E-state index < -0.39 is 0 Å². The van der Waals surface area contributed by atoms with Gasteiger partial charge in [0.25, 0.3) is 0 Å². The first-order chi connectivity index (χ1) is 13.6. The molecule has 9 heteroatoms. The van der Waals surface area contributed by atoms with Crippen LogP contribution in [0.3, 0.4) is 0 Å². The number of aliphatic imine (C=N–C) groups is 1. The molecule has 0 aliphatic heterocycles. The van der Waals surface area contributed by atoms with E-state index in [1.807, 2.05) is 27.0 Å². The number of hydrogen-bond acceptors (Lipinski definition) is 4. The number of halogens is 2. The second-order valence-electron chi connectivity index (χ2n) is 6.89. The second-order valence-corrected chi connectivity index (χ2v) is 6.89. The molecule has 0 bridgehead atoms. The van der Waals surface area contributed by atoms with Crippen LogP contribution >= 0.6 is 24.0 Å². The van der Waals surface area contributed by atoms with E-state index in [4.69, 9.17) is 4.52 Å². The van der Waals surface area contributed by atoms with Crippen LogP contribution in [0.5, 0.6) is 0 Å². The van der Waals surface area contributed by atoms with Crippen LogP contribution in [0.1, 0.15) is 44.0 Å². The van der Waals surface area contributed by atoms with E-state index in [1.165, 1.54) is 6.07 Å². The molecule has 1 aromatic carbocycles. The molecule has 2 heterocycles. The van der Waals surface area contributed by atoms with Crippen molar-refractivity contribution in [2.45, 2.75) is 39.5 Å². The summed E-state index contributed by atoms with van der Waals surface area (Å²) in [4.78, 5) is 12.1. The molecule has 0 fully saturated rings. The van der Waals surface area contributed by atoms with E-state index in [0.29, 0.717) is 25.4 Å². The van der Waals surface area contributed by atoms with E-state index in [0.717, 1.165) is 41.2 Å². The van der Waals surface area contributed by atoms with Gasteiger partial charge in [-0.2, -0.15) is 4.98 Å². The van der Waals surface area contributed by atoms with Gasteiger partial charge < -0.3 is 20.1 Å². The third-order valence-electron chi connectivity index (χ3n) is 4.36. The number of rotatable bonds is 8. The van der Waals surface area contributed by atoms with Crippen LogP contribution in [-0.2, 0) is 12.8 Å². The van der Waals surface area contributed by atoms with E-state index in [1.54, 1.807) is 12.1 Å². The summed E-state index contributed by atoms with van der Waals surface area (Å²) in [7, 11) is 0. The Morgan fingerprint density at radius 2 is 2.10 bits per heavy atom. The zero-order valence-electron chi connectivity index (χ0n) is 17.0. The molecular weight excluding hydrogens is 486 g/mol. The summed E-state index contributed by atoms with van der Waals surface area (Å²) >= 11 is 0. The van der Waals surface area contributed by atoms with Crippen LogP contribution in [0.25, 0.3) is 10.9 Å². The van der Waals surface area contributed by atoms with E-state index >= 15 is 0 Å². The molecule has 0 saturated carbocycles. The fraction of sp³-hybridized carbons (Fsp3) is 0.450. The average Bonchev–Trinajstić information content (AvgIpc) is 3.29. The summed E-state index contributed by atoms with van der Waals surface area (Å²) < 4.78 is 18.7. The number of aromatic nitrogens is 3. The summed E-state index contributed by atoms with van der Waals surface area (Å²) in [6.45, 7) is 8.08. The summed E-state index contributed by atoms with van der Waals surface area (Å²) in [6, 6.07) is 4.79. The molecule has 0 unspecified atom stereocenters. The molecule has 0 aliphatic carbocycles. The highest BCUT2D eigenvalue weighted by Gasteiger charge is 2.09. The summed E-state index contributed by atoms with van der Waals surface area (Å²) in [5.41, 5.74) is 2.02. The fourth-order valence-electron chi connectivity index (χ4n) is 2.88. The largest absolute Gasteiger partial charge is 0.361 e. The van der Waals surface area contributed by atoms with Crippen molar-refractivity contribution < 1.29 is 8.91 Å². The predicted molar refractivity (Wildman–Crippen MR) is 123 cm³/mol. The number of aromatic amines is 1. The van der Waals surface area contributed by atoms with Crippen LogP contribution in [0, 0.1) is 5.82 Å². The molecule has 29 heavy (non-hydrogen) atoms. The van der Waals surface area contributed by atoms with Gasteiger partial charge in [0.05, 0.1) is 6.54 Å². The summed E-state index contributed by atoms with van der Waals surface area (Å²) in [5.74, 6) is 2.08. The lowest BCUT2D eigenvalue weighted by atomic mass is 10.1. The van der Waals surface area contributed by atoms with Crippen molar-refractivity contribution >= 4 is 40.8 Å². The van der Waals surface area contributed by atoms with Crippen molar-refractivity contribution in [1.82, 2.24) is 25.8 Å². The van der Waals surface area contributed by atoms with Crippen LogP contribution in [-0.4, -0.2) is 40.7 Å². The molecule has 0 amide bonds. The van der Waals surface area contributed by atoms with Gasteiger partial charge in [-0.25, -0.2) is 4.39 Å². The molecule has 0 aliphatic rings. The highest BCUT2D eigenvalue weighted by Crippen LogP contribution is 2.19. The number of guanidine groups is 1. The highest BCUT2D eigenvalue weighted by molar-refractivity contribution is 14.0. The van der Waals surface area contributed by atoms with Crippen molar-refractivity contribution in [3.63, 3.8) is 0 Å². The lowest BCUT2D eigenvalue weighted by Crippen LogP contribution is -2.38. The molecule has 0 spiro atoms. The number of benzene rings is 1. The van der Waals surface area contributed by atoms with Gasteiger partial charge in [0.2, 0.25) is 5.89 Å². The smallest absolute Gasteiger partial charge is 0.228 e. The Labute approximate surface area is 187 Å². The second kappa shape index (κ2) is 11.1. The molecule has 0 saturated heterocycles. The molecular formula is C20H28FIN6O. The maximum Gasteiger partial charge on any atom is 0.228 e. The van der Waals surface area contributed by atoms with Crippen molar-refractivity contribution in [3.8, 4) is 0 Å². The van der Waals surface area contributed by atoms with Gasteiger partial charge in [-0.15, -0.1) is 24.0 Å². The van der Waals surface area contributed by atoms with Crippen molar-refractivity contribution in [1.29, 1.82) is 0 Å². The minimum atomic E-state index is -0.224. The molecule has 0 atom stereocenters. The topological polar surface area (TPSA) is 91.1 Å². The molecule has 3 aromatic rings. The van der Waals surface area contributed by atoms with Gasteiger partial charge in [0, 0.05) is 42.5 Å². The van der Waals surface area contributed by atoms with Crippen molar-refractivity contribution in [3.05, 3.63) is 47.5 Å². The van der Waals surface area contributed by atoms with Crippen LogP contribution in [0.15, 0.2) is 33.9 Å². The Morgan fingerprint density at radius 1 is 1.28 bits per heavy atom. The normalized spacial score (nSPS) is 11.7. The quantitative estimate of drug-likeness (QED) is 0.242. The fourth-order valence-corrected chi connectivity index (χ4v) is 2.88. The maximum atomic E-state index is 13.5. The first-order valence-corrected chi connectivity index (χ1v) is 9.67. The molecule has 7 nitrogen and oxygen atoms in total. The standard InChI is InChI=1S/C20H27FN6O.HI/c1-4-22-20(24-10-8-18-26-19(13(2)3)27-28-18)23-9-7-14-12-25-17-6-5-15(21)11-16(14)17;/h5-6,11-13,25H,4,7-10H2,1-3H3,(H2,22,23,24);1H. The Hall–Kier alpha value is -2.17. The van der Waals surface area contributed by atoms with Gasteiger partial charge in [-0.05, 0) is 37.1 Å². The lowest BCUT2D eigenvalue weighted by molar-refractivity contribution is 0.372. The van der Waals surface area contributed by atoms with Gasteiger partial charge in [0.1, 0.15) is 5.82 Å². The lowest BCUT2D eigenvalue weighted by Gasteiger charge is -2.10. The Balaban J connectivity index is 0.00000300. The zero-order valence-corrected chi connectivity index (χ0v) is 19.3. The maximum absolute atomic E-state index is 13.5. The van der Waals surface area contributed by atoms with Gasteiger partial charge >= 0.3 is 0 Å². The Bertz CT molecular complexity index is 936. The number of nitrogens with zero attached hydrogens (tertiary/aromatic N) is 3. The first-order valence-electron chi connectivity index (χ1n) is 9.67. The average molecular weight is 514 g/mol. The number of H-pyrrole nitrogens is 1. The van der Waals surface area contributed by atoms with Gasteiger partial charge in [-0.1, -0.05) is 19.0 Å². The molecule has 0 radical (unpaired) electrons. The molecule has 158 valence electrons. The minimum absolute atomic E-state index is 0. The number of hydrogen-bond donors (Lipinski definition) is 3. The number of nitrogens with one attached hydrogen (secondary N) is 3. The summed E-state index contributed by atoms with van der Waals surface area (Å²) in [6.07, 6.45) is 3.28. The third kappa shape index (κ3) is 6.41. The summed E-state index contributed by atoms with van der Waals surface area (Å²) in [5, 5.41) is 11.4. The zero-order chi connectivity index (χ0) is 19.9. The highest BCUT2D eigenvalue weighted by atomic mass is 127. The van der Waals surface area contributed by atoms with E-state index in [9.17, 15) is 4.39 Å². The molecule has 3 rings (SSSR count). The number of fused-ring (bicyclic) bond motifs is 1. The molecule has 3 N–H and O–H groups in total.